The molecule has 0 aliphatic heterocycles. The molecule has 0 fully saturated rings. The topological polar surface area (TPSA) is 84.9 Å². The van der Waals surface area contributed by atoms with Gasteiger partial charge in [0, 0.05) is 0 Å². The van der Waals surface area contributed by atoms with Crippen LogP contribution in [0.3, 0.4) is 0 Å². The third-order valence-corrected chi connectivity index (χ3v) is 2.26. The molecule has 1 atom stereocenters. The molecule has 0 aliphatic rings. The van der Waals surface area contributed by atoms with Gasteiger partial charge < -0.3 is 19.9 Å². The fraction of sp³-hybridized carbons (Fsp3) is 0.385. The number of carboxylic acids is 1. The van der Waals surface area contributed by atoms with Crippen molar-refractivity contribution in [1.29, 1.82) is 0 Å². The Morgan fingerprint density at radius 1 is 1.26 bits per heavy atom. The summed E-state index contributed by atoms with van der Waals surface area (Å²) in [7, 11) is 0. The molecule has 19 heavy (non-hydrogen) atoms. The maximum absolute atomic E-state index is 11.5. The second-order valence-corrected chi connectivity index (χ2v) is 3.80. The smallest absolute Gasteiger partial charge is 0.325 e. The third-order valence-electron chi connectivity index (χ3n) is 2.26. The number of aliphatic carboxylic acids is 1. The van der Waals surface area contributed by atoms with Crippen molar-refractivity contribution in [2.45, 2.75) is 19.9 Å². The summed E-state index contributed by atoms with van der Waals surface area (Å²) in [6.07, 6.45) is 0. The lowest BCUT2D eigenvalue weighted by Crippen LogP contribution is -2.40. The molecule has 0 heterocycles. The highest BCUT2D eigenvalue weighted by Gasteiger charge is 2.14. The van der Waals surface area contributed by atoms with E-state index in [0.717, 1.165) is 0 Å². The maximum Gasteiger partial charge on any atom is 0.325 e. The molecule has 0 aliphatic carbocycles. The minimum atomic E-state index is -1.09. The summed E-state index contributed by atoms with van der Waals surface area (Å²) in [4.78, 5) is 22.0. The monoisotopic (exact) mass is 267 g/mol. The average molecular weight is 267 g/mol. The van der Waals surface area contributed by atoms with Gasteiger partial charge in [-0.1, -0.05) is 12.1 Å². The number of amides is 1. The Morgan fingerprint density at radius 3 is 2.37 bits per heavy atom. The van der Waals surface area contributed by atoms with Crippen molar-refractivity contribution in [2.75, 3.05) is 13.2 Å². The standard InChI is InChI=1S/C13H17NO5/c1-3-18-10-6-4-5-7-11(10)19-8-12(15)14-9(2)13(16)17/h4-7,9H,3,8H2,1-2H3,(H,14,15)(H,16,17)/t9-/m0/s1. The van der Waals surface area contributed by atoms with Gasteiger partial charge in [0.2, 0.25) is 0 Å². The van der Waals surface area contributed by atoms with Crippen molar-refractivity contribution in [3.8, 4) is 11.5 Å². The molecule has 1 rings (SSSR count). The molecule has 0 spiro atoms. The van der Waals surface area contributed by atoms with Crippen molar-refractivity contribution in [3.05, 3.63) is 24.3 Å². The van der Waals surface area contributed by atoms with Gasteiger partial charge in [-0.2, -0.15) is 0 Å². The first kappa shape index (κ1) is 14.8. The van der Waals surface area contributed by atoms with E-state index in [0.29, 0.717) is 18.1 Å². The van der Waals surface area contributed by atoms with Gasteiger partial charge in [0.25, 0.3) is 5.91 Å². The molecule has 0 bridgehead atoms. The molecule has 0 radical (unpaired) electrons. The lowest BCUT2D eigenvalue weighted by Gasteiger charge is -2.12. The highest BCUT2D eigenvalue weighted by atomic mass is 16.5. The Balaban J connectivity index is 2.52. The number of hydrogen-bond acceptors (Lipinski definition) is 4. The van der Waals surface area contributed by atoms with Crippen LogP contribution in [0.4, 0.5) is 0 Å². The zero-order valence-electron chi connectivity index (χ0n) is 10.9. The van der Waals surface area contributed by atoms with Gasteiger partial charge >= 0.3 is 5.97 Å². The van der Waals surface area contributed by atoms with Crippen molar-refractivity contribution in [2.24, 2.45) is 0 Å². The van der Waals surface area contributed by atoms with Crippen LogP contribution in [0, 0.1) is 0 Å². The summed E-state index contributed by atoms with van der Waals surface area (Å²) in [5, 5.41) is 11.0. The van der Waals surface area contributed by atoms with Crippen LogP contribution in [0.5, 0.6) is 11.5 Å². The van der Waals surface area contributed by atoms with E-state index in [9.17, 15) is 9.59 Å². The van der Waals surface area contributed by atoms with Crippen LogP contribution in [0.25, 0.3) is 0 Å². The summed E-state index contributed by atoms with van der Waals surface area (Å²) < 4.78 is 10.6. The zero-order valence-corrected chi connectivity index (χ0v) is 10.9. The number of ether oxygens (including phenoxy) is 2. The first-order valence-electron chi connectivity index (χ1n) is 5.91. The number of para-hydroxylation sites is 2. The SMILES string of the molecule is CCOc1ccccc1OCC(=O)N[C@@H](C)C(=O)O. The van der Waals surface area contributed by atoms with Gasteiger partial charge in [0.05, 0.1) is 6.61 Å². The second-order valence-electron chi connectivity index (χ2n) is 3.80. The first-order chi connectivity index (χ1) is 9.04. The third kappa shape index (κ3) is 4.87. The van der Waals surface area contributed by atoms with Crippen LogP contribution in [-0.2, 0) is 9.59 Å². The van der Waals surface area contributed by atoms with Gasteiger partial charge in [-0.25, -0.2) is 0 Å². The lowest BCUT2D eigenvalue weighted by molar-refractivity contribution is -0.141. The number of hydrogen-bond donors (Lipinski definition) is 2. The fourth-order valence-corrected chi connectivity index (χ4v) is 1.33. The summed E-state index contributed by atoms with van der Waals surface area (Å²) in [5.74, 6) is -0.601. The molecule has 2 N–H and O–H groups in total. The van der Waals surface area contributed by atoms with Crippen LogP contribution in [0.15, 0.2) is 24.3 Å². The van der Waals surface area contributed by atoms with Crippen molar-refractivity contribution in [3.63, 3.8) is 0 Å². The second kappa shape index (κ2) is 7.25. The summed E-state index contributed by atoms with van der Waals surface area (Å²) in [6, 6.07) is 6.02. The van der Waals surface area contributed by atoms with Crippen molar-refractivity contribution < 1.29 is 24.2 Å². The molecule has 0 unspecified atom stereocenters. The van der Waals surface area contributed by atoms with Gasteiger partial charge in [-0.3, -0.25) is 9.59 Å². The normalized spacial score (nSPS) is 11.5. The molecule has 0 aromatic heterocycles. The largest absolute Gasteiger partial charge is 0.490 e. The van der Waals surface area contributed by atoms with Crippen LogP contribution in [0.2, 0.25) is 0 Å². The van der Waals surface area contributed by atoms with Crippen LogP contribution < -0.4 is 14.8 Å². The van der Waals surface area contributed by atoms with Gasteiger partial charge in [-0.05, 0) is 26.0 Å². The molecule has 1 amide bonds. The number of carbonyl (C=O) groups is 2. The van der Waals surface area contributed by atoms with Crippen molar-refractivity contribution in [1.82, 2.24) is 5.32 Å². The Bertz CT molecular complexity index is 446. The van der Waals surface area contributed by atoms with E-state index in [1.165, 1.54) is 6.92 Å². The van der Waals surface area contributed by atoms with Crippen molar-refractivity contribution >= 4 is 11.9 Å². The number of carboxylic acid groups (broad SMARTS) is 1. The minimum Gasteiger partial charge on any atom is -0.490 e. The fourth-order valence-electron chi connectivity index (χ4n) is 1.33. The molecule has 104 valence electrons. The Morgan fingerprint density at radius 2 is 1.84 bits per heavy atom. The van der Waals surface area contributed by atoms with E-state index in [-0.39, 0.29) is 6.61 Å². The minimum absolute atomic E-state index is 0.262. The molecule has 6 nitrogen and oxygen atoms in total. The number of rotatable bonds is 7. The van der Waals surface area contributed by atoms with E-state index >= 15 is 0 Å². The molecular weight excluding hydrogens is 250 g/mol. The maximum atomic E-state index is 11.5. The number of benzene rings is 1. The molecular formula is C13H17NO5. The summed E-state index contributed by atoms with van der Waals surface area (Å²) >= 11 is 0. The Kier molecular flexibility index (Phi) is 5.66. The molecule has 0 saturated carbocycles. The van der Waals surface area contributed by atoms with Gasteiger partial charge in [0.1, 0.15) is 6.04 Å². The molecule has 1 aromatic rings. The molecule has 1 aromatic carbocycles. The van der Waals surface area contributed by atoms with Crippen LogP contribution in [-0.4, -0.2) is 36.2 Å². The van der Waals surface area contributed by atoms with Gasteiger partial charge in [0.15, 0.2) is 18.1 Å². The first-order valence-corrected chi connectivity index (χ1v) is 5.91. The van der Waals surface area contributed by atoms with E-state index in [4.69, 9.17) is 14.6 Å². The summed E-state index contributed by atoms with van der Waals surface area (Å²) in [6.45, 7) is 3.46. The van der Waals surface area contributed by atoms with Gasteiger partial charge in [-0.15, -0.1) is 0 Å². The van der Waals surface area contributed by atoms with Crippen LogP contribution >= 0.6 is 0 Å². The van der Waals surface area contributed by atoms with E-state index in [1.807, 2.05) is 6.92 Å². The molecule has 0 saturated heterocycles. The highest BCUT2D eigenvalue weighted by Crippen LogP contribution is 2.26. The van der Waals surface area contributed by atoms with E-state index < -0.39 is 17.9 Å². The van der Waals surface area contributed by atoms with E-state index in [1.54, 1.807) is 24.3 Å². The highest BCUT2D eigenvalue weighted by molar-refractivity contribution is 5.84. The number of carbonyl (C=O) groups excluding carboxylic acids is 1. The number of nitrogens with one attached hydrogen (secondary N) is 1. The quantitative estimate of drug-likeness (QED) is 0.771. The predicted molar refractivity (Wildman–Crippen MR) is 68.3 cm³/mol. The Hall–Kier alpha value is -2.24. The average Bonchev–Trinajstić information content (AvgIpc) is 2.38. The Labute approximate surface area is 111 Å². The lowest BCUT2D eigenvalue weighted by atomic mass is 10.3. The zero-order chi connectivity index (χ0) is 14.3. The predicted octanol–water partition coefficient (Wildman–Crippen LogP) is 1.05. The van der Waals surface area contributed by atoms with E-state index in [2.05, 4.69) is 5.32 Å². The van der Waals surface area contributed by atoms with Crippen LogP contribution in [0.1, 0.15) is 13.8 Å². The summed E-state index contributed by atoms with van der Waals surface area (Å²) in [5.41, 5.74) is 0. The molecule has 6 heteroatoms.